The molecule has 0 N–H and O–H groups in total. The lowest BCUT2D eigenvalue weighted by Gasteiger charge is -2.13. The second-order valence-corrected chi connectivity index (χ2v) is 6.22. The number of hydrogen-bond donors (Lipinski definition) is 0. The molecule has 22 heavy (non-hydrogen) atoms. The van der Waals surface area contributed by atoms with E-state index in [0.29, 0.717) is 28.6 Å². The summed E-state index contributed by atoms with van der Waals surface area (Å²) in [6.07, 6.45) is 1.73. The average Bonchev–Trinajstić information content (AvgIpc) is 2.90. The van der Waals surface area contributed by atoms with Gasteiger partial charge in [-0.05, 0) is 31.5 Å². The van der Waals surface area contributed by atoms with Crippen molar-refractivity contribution in [2.75, 3.05) is 6.61 Å². The van der Waals surface area contributed by atoms with E-state index in [4.69, 9.17) is 16.3 Å². The number of rotatable bonds is 7. The van der Waals surface area contributed by atoms with E-state index in [2.05, 4.69) is 11.6 Å². The standard InChI is InChI=1S/C16H15ClN2O2S/c1-3-4-7-21-10(2)15(20)12(9-18)16-19-13-8-11(17)5-6-14(13)22-16/h3,5-6,8,10,12H,1,4,7H2,2H3/t10-,12-/m1/s1. The monoisotopic (exact) mass is 334 g/mol. The molecule has 0 aliphatic heterocycles. The second-order valence-electron chi connectivity index (χ2n) is 4.72. The highest BCUT2D eigenvalue weighted by Gasteiger charge is 2.28. The minimum Gasteiger partial charge on any atom is -0.370 e. The van der Waals surface area contributed by atoms with Crippen molar-refractivity contribution < 1.29 is 9.53 Å². The maximum Gasteiger partial charge on any atom is 0.185 e. The van der Waals surface area contributed by atoms with Gasteiger partial charge in [0.05, 0.1) is 22.9 Å². The minimum atomic E-state index is -0.921. The van der Waals surface area contributed by atoms with Gasteiger partial charge in [0, 0.05) is 5.02 Å². The summed E-state index contributed by atoms with van der Waals surface area (Å²) < 4.78 is 6.32. The topological polar surface area (TPSA) is 63.0 Å². The van der Waals surface area contributed by atoms with Crippen molar-refractivity contribution >= 4 is 38.9 Å². The Balaban J connectivity index is 2.20. The molecule has 114 valence electrons. The molecule has 1 aromatic carbocycles. The van der Waals surface area contributed by atoms with Gasteiger partial charge in [-0.1, -0.05) is 17.7 Å². The summed E-state index contributed by atoms with van der Waals surface area (Å²) in [6.45, 7) is 5.66. The average molecular weight is 335 g/mol. The van der Waals surface area contributed by atoms with Gasteiger partial charge >= 0.3 is 0 Å². The molecule has 0 spiro atoms. The van der Waals surface area contributed by atoms with E-state index in [-0.39, 0.29) is 5.78 Å². The van der Waals surface area contributed by atoms with Gasteiger partial charge in [-0.25, -0.2) is 4.98 Å². The number of hydrogen-bond acceptors (Lipinski definition) is 5. The van der Waals surface area contributed by atoms with Gasteiger partial charge in [0.2, 0.25) is 0 Å². The van der Waals surface area contributed by atoms with Gasteiger partial charge in [-0.2, -0.15) is 5.26 Å². The largest absolute Gasteiger partial charge is 0.370 e. The second kappa shape index (κ2) is 7.50. The maximum atomic E-state index is 12.4. The smallest absolute Gasteiger partial charge is 0.185 e. The Morgan fingerprint density at radius 2 is 2.41 bits per heavy atom. The van der Waals surface area contributed by atoms with Crippen LogP contribution in [-0.2, 0) is 9.53 Å². The van der Waals surface area contributed by atoms with Crippen molar-refractivity contribution in [3.63, 3.8) is 0 Å². The fourth-order valence-corrected chi connectivity index (χ4v) is 3.09. The molecule has 1 heterocycles. The van der Waals surface area contributed by atoms with Gasteiger partial charge < -0.3 is 4.74 Å². The van der Waals surface area contributed by atoms with Gasteiger partial charge in [-0.15, -0.1) is 17.9 Å². The number of halogens is 1. The van der Waals surface area contributed by atoms with Crippen LogP contribution >= 0.6 is 22.9 Å². The summed E-state index contributed by atoms with van der Waals surface area (Å²) in [5.74, 6) is -1.20. The lowest BCUT2D eigenvalue weighted by molar-refractivity contribution is -0.129. The first kappa shape index (κ1) is 16.6. The third-order valence-corrected chi connectivity index (χ3v) is 4.45. The Labute approximate surface area is 138 Å². The first-order chi connectivity index (χ1) is 10.6. The lowest BCUT2D eigenvalue weighted by Crippen LogP contribution is -2.26. The summed E-state index contributed by atoms with van der Waals surface area (Å²) in [7, 11) is 0. The number of benzene rings is 1. The van der Waals surface area contributed by atoms with Crippen LogP contribution in [0.25, 0.3) is 10.2 Å². The highest BCUT2D eigenvalue weighted by molar-refractivity contribution is 7.18. The van der Waals surface area contributed by atoms with Crippen LogP contribution in [0.1, 0.15) is 24.3 Å². The maximum absolute atomic E-state index is 12.4. The molecule has 6 heteroatoms. The van der Waals surface area contributed by atoms with Crippen LogP contribution in [0.4, 0.5) is 0 Å². The molecule has 0 saturated carbocycles. The van der Waals surface area contributed by atoms with Gasteiger partial charge in [0.15, 0.2) is 11.7 Å². The molecular formula is C16H15ClN2O2S. The molecule has 0 aliphatic carbocycles. The summed E-state index contributed by atoms with van der Waals surface area (Å²) in [5, 5.41) is 10.4. The number of aromatic nitrogens is 1. The van der Waals surface area contributed by atoms with Crippen LogP contribution in [-0.4, -0.2) is 23.5 Å². The highest BCUT2D eigenvalue weighted by Crippen LogP contribution is 2.30. The van der Waals surface area contributed by atoms with Crippen LogP contribution in [0.15, 0.2) is 30.9 Å². The molecular weight excluding hydrogens is 320 g/mol. The molecule has 2 rings (SSSR count). The van der Waals surface area contributed by atoms with Crippen molar-refractivity contribution in [1.29, 1.82) is 5.26 Å². The molecule has 1 aromatic heterocycles. The Morgan fingerprint density at radius 1 is 1.64 bits per heavy atom. The normalized spacial score (nSPS) is 13.5. The number of ether oxygens (including phenoxy) is 1. The fourth-order valence-electron chi connectivity index (χ4n) is 1.93. The van der Waals surface area contributed by atoms with Crippen molar-refractivity contribution in [3.05, 3.63) is 40.9 Å². The first-order valence-electron chi connectivity index (χ1n) is 6.78. The zero-order valence-electron chi connectivity index (χ0n) is 12.1. The molecule has 4 nitrogen and oxygen atoms in total. The third kappa shape index (κ3) is 3.72. The number of thiazole rings is 1. The van der Waals surface area contributed by atoms with Crippen molar-refractivity contribution in [2.24, 2.45) is 0 Å². The Kier molecular flexibility index (Phi) is 5.67. The van der Waals surface area contributed by atoms with Gasteiger partial charge in [-0.3, -0.25) is 4.79 Å². The van der Waals surface area contributed by atoms with E-state index in [1.165, 1.54) is 11.3 Å². The molecule has 2 aromatic rings. The molecule has 0 bridgehead atoms. The summed E-state index contributed by atoms with van der Waals surface area (Å²) >= 11 is 7.26. The van der Waals surface area contributed by atoms with Gasteiger partial charge in [0.1, 0.15) is 11.1 Å². The molecule has 0 aliphatic rings. The number of nitrogens with zero attached hydrogens (tertiary/aromatic N) is 2. The number of ketones is 1. The molecule has 2 atom stereocenters. The van der Waals surface area contributed by atoms with Crippen LogP contribution in [0, 0.1) is 11.3 Å². The highest BCUT2D eigenvalue weighted by atomic mass is 35.5. The SMILES string of the molecule is C=CCCO[C@H](C)C(=O)[C@@H](C#N)c1nc2cc(Cl)ccc2s1. The summed E-state index contributed by atoms with van der Waals surface area (Å²) in [5.41, 5.74) is 0.695. The molecule has 0 amide bonds. The van der Waals surface area contributed by atoms with Crippen LogP contribution < -0.4 is 0 Å². The van der Waals surface area contributed by atoms with E-state index < -0.39 is 12.0 Å². The van der Waals surface area contributed by atoms with Crippen LogP contribution in [0.3, 0.4) is 0 Å². The summed E-state index contributed by atoms with van der Waals surface area (Å²) in [6, 6.07) is 7.35. The number of carbonyl (C=O) groups is 1. The number of carbonyl (C=O) groups excluding carboxylic acids is 1. The Bertz CT molecular complexity index is 735. The van der Waals surface area contributed by atoms with Crippen molar-refractivity contribution in [2.45, 2.75) is 25.4 Å². The molecule has 0 fully saturated rings. The van der Waals surface area contributed by atoms with E-state index >= 15 is 0 Å². The Morgan fingerprint density at radius 3 is 3.09 bits per heavy atom. The Hall–Kier alpha value is -1.74. The molecule has 0 saturated heterocycles. The fraction of sp³-hybridized carbons (Fsp3) is 0.312. The van der Waals surface area contributed by atoms with E-state index in [1.54, 1.807) is 25.1 Å². The lowest BCUT2D eigenvalue weighted by atomic mass is 10.0. The zero-order valence-corrected chi connectivity index (χ0v) is 13.7. The predicted molar refractivity (Wildman–Crippen MR) is 88.2 cm³/mol. The minimum absolute atomic E-state index is 0.281. The zero-order chi connectivity index (χ0) is 16.1. The van der Waals surface area contributed by atoms with E-state index in [0.717, 1.165) is 4.70 Å². The quantitative estimate of drug-likeness (QED) is 0.564. The van der Waals surface area contributed by atoms with Crippen LogP contribution in [0.2, 0.25) is 5.02 Å². The van der Waals surface area contributed by atoms with E-state index in [9.17, 15) is 10.1 Å². The number of Topliss-reactive ketones (excluding diaryl/α,β-unsaturated/α-hetero) is 1. The molecule has 0 radical (unpaired) electrons. The van der Waals surface area contributed by atoms with Crippen molar-refractivity contribution in [3.8, 4) is 6.07 Å². The summed E-state index contributed by atoms with van der Waals surface area (Å²) in [4.78, 5) is 16.7. The van der Waals surface area contributed by atoms with Gasteiger partial charge in [0.25, 0.3) is 0 Å². The van der Waals surface area contributed by atoms with E-state index in [1.807, 2.05) is 12.1 Å². The predicted octanol–water partition coefficient (Wildman–Crippen LogP) is 4.11. The third-order valence-electron chi connectivity index (χ3n) is 3.12. The van der Waals surface area contributed by atoms with Crippen LogP contribution in [0.5, 0.6) is 0 Å². The molecule has 0 unspecified atom stereocenters. The number of nitriles is 1. The first-order valence-corrected chi connectivity index (χ1v) is 7.98. The number of fused-ring (bicyclic) bond motifs is 1. The van der Waals surface area contributed by atoms with Crippen molar-refractivity contribution in [1.82, 2.24) is 4.98 Å².